The van der Waals surface area contributed by atoms with Gasteiger partial charge >= 0.3 is 7.82 Å². The zero-order valence-electron chi connectivity index (χ0n) is 18.3. The molecule has 6 heteroatoms. The molecule has 0 amide bonds. The summed E-state index contributed by atoms with van der Waals surface area (Å²) in [5.41, 5.74) is 0. The lowest BCUT2D eigenvalue weighted by atomic mass is 10.0. The number of unbranched alkanes of at least 4 members (excludes halogenated alkanes) is 13. The van der Waals surface area contributed by atoms with Crippen LogP contribution in [0.15, 0.2) is 0 Å². The normalized spacial score (nSPS) is 17.8. The first kappa shape index (κ1) is 26.1. The maximum absolute atomic E-state index is 12.3. The van der Waals surface area contributed by atoms with Gasteiger partial charge in [0, 0.05) is 0 Å². The second kappa shape index (κ2) is 19.1. The van der Waals surface area contributed by atoms with E-state index in [1.165, 1.54) is 77.0 Å². The highest BCUT2D eigenvalue weighted by Gasteiger charge is 2.28. The van der Waals surface area contributed by atoms with E-state index >= 15 is 0 Å². The quantitative estimate of drug-likeness (QED) is 0.103. The van der Waals surface area contributed by atoms with Gasteiger partial charge in [-0.25, -0.2) is 9.45 Å². The Labute approximate surface area is 173 Å². The Morgan fingerprint density at radius 2 is 1.07 bits per heavy atom. The van der Waals surface area contributed by atoms with Crippen LogP contribution >= 0.6 is 7.82 Å². The lowest BCUT2D eigenvalue weighted by Gasteiger charge is -2.15. The summed E-state index contributed by atoms with van der Waals surface area (Å²) in [7, 11) is -3.52. The van der Waals surface area contributed by atoms with Crippen LogP contribution in [0.25, 0.3) is 0 Å². The highest BCUT2D eigenvalue weighted by Crippen LogP contribution is 2.50. The summed E-state index contributed by atoms with van der Waals surface area (Å²) in [6.07, 6.45) is 22.4. The molecule has 28 heavy (non-hydrogen) atoms. The number of rotatable bonds is 17. The van der Waals surface area contributed by atoms with Crippen molar-refractivity contribution < 1.29 is 23.2 Å². The summed E-state index contributed by atoms with van der Waals surface area (Å²) in [5.74, 6) is 0. The van der Waals surface area contributed by atoms with Gasteiger partial charge in [0.2, 0.25) is 0 Å². The van der Waals surface area contributed by atoms with Gasteiger partial charge < -0.3 is 0 Å². The molecule has 168 valence electrons. The Morgan fingerprint density at radius 1 is 0.643 bits per heavy atom. The zero-order chi connectivity index (χ0) is 20.2. The van der Waals surface area contributed by atoms with Crippen LogP contribution in [-0.4, -0.2) is 19.8 Å². The van der Waals surface area contributed by atoms with Crippen molar-refractivity contribution in [3.8, 4) is 0 Å². The standard InChI is InChI=1S/C22H45O5P/c1-2-3-4-5-6-7-8-9-10-11-12-13-14-17-20-24-27-28(23)25-21-18-15-16-19-22-26-28/h2-22H2,1H3. The molecule has 1 rings (SSSR count). The van der Waals surface area contributed by atoms with Gasteiger partial charge in [-0.15, -0.1) is 4.67 Å². The van der Waals surface area contributed by atoms with E-state index in [0.717, 1.165) is 38.5 Å². The molecule has 1 aliphatic rings. The topological polar surface area (TPSA) is 54.0 Å². The summed E-state index contributed by atoms with van der Waals surface area (Å²) in [6, 6.07) is 0. The molecule has 0 radical (unpaired) electrons. The minimum Gasteiger partial charge on any atom is -0.285 e. The molecule has 0 aromatic heterocycles. The van der Waals surface area contributed by atoms with Crippen LogP contribution in [0.4, 0.5) is 0 Å². The number of hydrogen-bond acceptors (Lipinski definition) is 5. The van der Waals surface area contributed by atoms with E-state index in [2.05, 4.69) is 6.92 Å². The first-order valence-electron chi connectivity index (χ1n) is 12.0. The molecule has 0 unspecified atom stereocenters. The van der Waals surface area contributed by atoms with Gasteiger partial charge in [-0.3, -0.25) is 9.05 Å². The third-order valence-electron chi connectivity index (χ3n) is 5.26. The van der Waals surface area contributed by atoms with E-state index < -0.39 is 7.82 Å². The first-order valence-corrected chi connectivity index (χ1v) is 13.4. The van der Waals surface area contributed by atoms with Gasteiger partial charge in [0.25, 0.3) is 0 Å². The Bertz CT molecular complexity index is 364. The first-order chi connectivity index (χ1) is 13.8. The van der Waals surface area contributed by atoms with E-state index in [-0.39, 0.29) is 0 Å². The molecular formula is C22H45O5P. The molecule has 1 heterocycles. The minimum atomic E-state index is -3.52. The fourth-order valence-electron chi connectivity index (χ4n) is 3.45. The molecule has 1 fully saturated rings. The van der Waals surface area contributed by atoms with Crippen LogP contribution in [0.1, 0.15) is 122 Å². The van der Waals surface area contributed by atoms with E-state index in [9.17, 15) is 4.57 Å². The smallest absolute Gasteiger partial charge is 0.285 e. The second-order valence-electron chi connectivity index (χ2n) is 8.02. The maximum Gasteiger partial charge on any atom is 0.502 e. The van der Waals surface area contributed by atoms with Crippen LogP contribution in [-0.2, 0) is 23.2 Å². The SMILES string of the molecule is CCCCCCCCCCCCCCCCOOP1(=O)OCCCCCCO1. The maximum atomic E-state index is 12.3. The van der Waals surface area contributed by atoms with Crippen LogP contribution in [0.2, 0.25) is 0 Å². The van der Waals surface area contributed by atoms with Crippen LogP contribution in [0, 0.1) is 0 Å². The Kier molecular flexibility index (Phi) is 17.8. The predicted molar refractivity (Wildman–Crippen MR) is 115 cm³/mol. The van der Waals surface area contributed by atoms with E-state index in [4.69, 9.17) is 18.6 Å². The Hall–Kier alpha value is 0.0700. The van der Waals surface area contributed by atoms with Crippen LogP contribution in [0.5, 0.6) is 0 Å². The van der Waals surface area contributed by atoms with E-state index in [0.29, 0.717) is 19.8 Å². The summed E-state index contributed by atoms with van der Waals surface area (Å²) >= 11 is 0. The van der Waals surface area contributed by atoms with Crippen molar-refractivity contribution in [2.24, 2.45) is 0 Å². The Balaban J connectivity index is 1.83. The van der Waals surface area contributed by atoms with E-state index in [1.54, 1.807) is 0 Å². The molecular weight excluding hydrogens is 375 g/mol. The van der Waals surface area contributed by atoms with Gasteiger partial charge in [-0.05, 0) is 19.3 Å². The summed E-state index contributed by atoms with van der Waals surface area (Å²) in [5, 5.41) is 0. The number of hydrogen-bond donors (Lipinski definition) is 0. The molecule has 0 bridgehead atoms. The highest BCUT2D eigenvalue weighted by molar-refractivity contribution is 7.48. The minimum absolute atomic E-state index is 0.402. The lowest BCUT2D eigenvalue weighted by Crippen LogP contribution is -2.03. The van der Waals surface area contributed by atoms with Crippen molar-refractivity contribution >= 4 is 7.82 Å². The summed E-state index contributed by atoms with van der Waals surface area (Å²) < 4.78 is 27.8. The molecule has 0 saturated carbocycles. The lowest BCUT2D eigenvalue weighted by molar-refractivity contribution is -0.227. The molecule has 5 nitrogen and oxygen atoms in total. The third kappa shape index (κ3) is 15.9. The monoisotopic (exact) mass is 420 g/mol. The van der Waals surface area contributed by atoms with Crippen molar-refractivity contribution in [2.75, 3.05) is 19.8 Å². The van der Waals surface area contributed by atoms with Crippen molar-refractivity contribution in [3.05, 3.63) is 0 Å². The summed E-state index contributed by atoms with van der Waals surface area (Å²) in [6.45, 7) is 3.52. The summed E-state index contributed by atoms with van der Waals surface area (Å²) in [4.78, 5) is 5.11. The van der Waals surface area contributed by atoms with Crippen molar-refractivity contribution in [2.45, 2.75) is 122 Å². The molecule has 0 atom stereocenters. The van der Waals surface area contributed by atoms with E-state index in [1.807, 2.05) is 0 Å². The van der Waals surface area contributed by atoms with Gasteiger partial charge in [-0.2, -0.15) is 0 Å². The largest absolute Gasteiger partial charge is 0.502 e. The molecule has 0 aromatic carbocycles. The Morgan fingerprint density at radius 3 is 1.54 bits per heavy atom. The fourth-order valence-corrected chi connectivity index (χ4v) is 4.52. The highest BCUT2D eigenvalue weighted by atomic mass is 31.2. The zero-order valence-corrected chi connectivity index (χ0v) is 19.2. The fraction of sp³-hybridized carbons (Fsp3) is 1.00. The average molecular weight is 421 g/mol. The molecule has 0 N–H and O–H groups in total. The molecule has 0 aliphatic carbocycles. The molecule has 0 aromatic rings. The number of phosphoric ester groups is 1. The van der Waals surface area contributed by atoms with Crippen LogP contribution in [0.3, 0.4) is 0 Å². The molecule has 1 saturated heterocycles. The van der Waals surface area contributed by atoms with Gasteiger partial charge in [0.1, 0.15) is 0 Å². The van der Waals surface area contributed by atoms with Crippen LogP contribution < -0.4 is 0 Å². The van der Waals surface area contributed by atoms with Crippen molar-refractivity contribution in [1.82, 2.24) is 0 Å². The van der Waals surface area contributed by atoms with Gasteiger partial charge in [0.05, 0.1) is 19.8 Å². The second-order valence-corrected chi connectivity index (χ2v) is 9.58. The van der Waals surface area contributed by atoms with Gasteiger partial charge in [-0.1, -0.05) is 103 Å². The average Bonchev–Trinajstić information content (AvgIpc) is 2.80. The molecule has 0 spiro atoms. The van der Waals surface area contributed by atoms with Crippen molar-refractivity contribution in [3.63, 3.8) is 0 Å². The predicted octanol–water partition coefficient (Wildman–Crippen LogP) is 8.13. The molecule has 1 aliphatic heterocycles. The van der Waals surface area contributed by atoms with Gasteiger partial charge in [0.15, 0.2) is 0 Å². The number of phosphoric acid groups is 1. The third-order valence-corrected chi connectivity index (χ3v) is 6.55. The van der Waals surface area contributed by atoms with Crippen molar-refractivity contribution in [1.29, 1.82) is 0 Å².